The molecule has 12 N–H and O–H groups in total. The number of hydrogen-bond donors (Lipinski definition) is 11. The van der Waals surface area contributed by atoms with Gasteiger partial charge in [0.05, 0.1) is 0 Å². The number of carbonyl (C=O) groups is 1. The summed E-state index contributed by atoms with van der Waals surface area (Å²) < 4.78 is 0. The predicted octanol–water partition coefficient (Wildman–Crippen LogP) is 5.70. The van der Waals surface area contributed by atoms with Crippen LogP contribution in [0.25, 0.3) is 44.9 Å². The van der Waals surface area contributed by atoms with Crippen LogP contribution in [0.15, 0.2) is 152 Å². The Kier molecular flexibility index (Phi) is 41.7. The quantitative estimate of drug-likeness (QED) is 0.0153. The molecule has 0 unspecified atom stereocenters. The summed E-state index contributed by atoms with van der Waals surface area (Å²) in [6.45, 7) is 6.35. The van der Waals surface area contributed by atoms with Gasteiger partial charge in [-0.05, 0) is 109 Å². The van der Waals surface area contributed by atoms with Crippen LogP contribution in [0.5, 0.6) is 0 Å². The molecule has 0 saturated carbocycles. The van der Waals surface area contributed by atoms with Crippen LogP contribution in [-0.2, 0) is 37.1 Å². The van der Waals surface area contributed by atoms with Crippen molar-refractivity contribution in [1.82, 2.24) is 31.1 Å². The maximum Gasteiger partial charge on any atom is 1.00 e. The van der Waals surface area contributed by atoms with Crippen molar-refractivity contribution in [1.29, 1.82) is 0 Å². The maximum absolute atomic E-state index is 10.9. The van der Waals surface area contributed by atoms with Gasteiger partial charge in [-0.3, -0.25) is 25.2 Å². The summed E-state index contributed by atoms with van der Waals surface area (Å²) in [5, 5.41) is 37.8. The number of aromatic amines is 3. The first-order valence-corrected chi connectivity index (χ1v) is 20.7. The summed E-state index contributed by atoms with van der Waals surface area (Å²) in [5.41, 5.74) is 19.3. The van der Waals surface area contributed by atoms with Crippen LogP contribution in [-0.4, -0.2) is 69.3 Å². The van der Waals surface area contributed by atoms with E-state index in [9.17, 15) is 4.79 Å². The van der Waals surface area contributed by atoms with E-state index in [1.165, 1.54) is 72.2 Å². The molecule has 0 fully saturated rings. The summed E-state index contributed by atoms with van der Waals surface area (Å²) in [5.74, 6) is -0.539. The second-order valence-electron chi connectivity index (χ2n) is 14.3. The van der Waals surface area contributed by atoms with Crippen LogP contribution in [0.4, 0.5) is 4.70 Å². The van der Waals surface area contributed by atoms with Gasteiger partial charge in [-0.15, -0.1) is 0 Å². The van der Waals surface area contributed by atoms with E-state index in [2.05, 4.69) is 143 Å². The minimum absolute atomic E-state index is 0. The van der Waals surface area contributed by atoms with E-state index in [0.29, 0.717) is 6.54 Å². The van der Waals surface area contributed by atoms with Crippen molar-refractivity contribution in [2.45, 2.75) is 39.3 Å². The number of allylic oxidation sites excluding steroid dienone is 1. The van der Waals surface area contributed by atoms with Crippen LogP contribution in [0.3, 0.4) is 0 Å². The number of amides is 1. The number of para-hydroxylation sites is 3. The molecule has 0 atom stereocenters. The summed E-state index contributed by atoms with van der Waals surface area (Å²) in [4.78, 5) is 20.8. The third-order valence-electron chi connectivity index (χ3n) is 10.1. The fraction of sp³-hybridized carbons (Fsp3) is 0.180. The SMILES string of the molecule is C/C=C/c1ccc(CNCCc2c[nH]c3ccccc23)cc1.F.NCCc1c[nH]c2ccccc12.O=C(/C=C/c1ccc(CNCCc2c[nH]c3ccccc23)cc1)NO.OO.[3HH].[Ac].[Ac].[Ac].[B-]O.[Na+]. The van der Waals surface area contributed by atoms with Crippen LogP contribution >= 0.6 is 0 Å². The van der Waals surface area contributed by atoms with Crippen molar-refractivity contribution in [2.24, 2.45) is 5.73 Å². The maximum atomic E-state index is 10.9. The standard InChI is InChI=1S/C20H21N3O2.C20H22N2.C10H12N2.3Ac.BHO.FH.Na.H2O2.H2/c24-20(23-25)10-9-15-5-7-16(8-6-15)13-21-12-11-17-14-22-19-4-2-1-3-18(17)19;1-2-5-16-8-10-17(11-9-16)14-21-13-12-18-15-22-20-7-4-3-6-19(18)20;11-6-5-8-7-12-10-4-2-1-3-9(8)10;;;;1-2;;;1-2;/h1-10,14,21-22,25H,11-13H2,(H,23,24);2-11,15,21-22H,12-14H2,1H3;1-4,7,12H,5-6,11H2;;;;2H;1H;;1-2H;1H/q;;;;;;-1;;+1;;/b10-9+;5-2+;;;;;;;;;/i;;;;;;;;;;1+2. The van der Waals surface area contributed by atoms with E-state index >= 15 is 0 Å². The topological polar surface area (TPSA) is 207 Å². The van der Waals surface area contributed by atoms with E-state index in [4.69, 9.17) is 26.5 Å². The van der Waals surface area contributed by atoms with E-state index < -0.39 is 5.91 Å². The van der Waals surface area contributed by atoms with E-state index in [1.807, 2.05) is 49.5 Å². The third kappa shape index (κ3) is 23.5. The van der Waals surface area contributed by atoms with Gasteiger partial charge in [-0.1, -0.05) is 115 Å². The smallest absolute Gasteiger partial charge is 0.715 e. The summed E-state index contributed by atoms with van der Waals surface area (Å²) in [6, 6.07) is 41.7. The number of nitrogens with two attached hydrogens (primary N) is 1. The molecule has 0 aliphatic rings. The summed E-state index contributed by atoms with van der Waals surface area (Å²) in [6.07, 6.45) is 16.3. The first-order chi connectivity index (χ1) is 31.0. The Labute approximate surface area is 530 Å². The largest absolute Gasteiger partial charge is 1.00 e. The van der Waals surface area contributed by atoms with Crippen molar-refractivity contribution in [3.05, 3.63) is 191 Å². The Morgan fingerprint density at radius 2 is 0.956 bits per heavy atom. The van der Waals surface area contributed by atoms with Crippen molar-refractivity contribution in [2.75, 3.05) is 19.6 Å². The Balaban J connectivity index is -0.000000912. The number of carbonyl (C=O) groups excluding carboxylic acids is 1. The molecule has 8 rings (SSSR count). The fourth-order valence-corrected chi connectivity index (χ4v) is 6.98. The van der Waals surface area contributed by atoms with Crippen molar-refractivity contribution in [3.8, 4) is 0 Å². The molecule has 1 amide bonds. The molecular formula is C50H61Ac3BFN7NaO5. The van der Waals surface area contributed by atoms with Gasteiger partial charge < -0.3 is 44.4 Å². The average molecular weight is 1580 g/mol. The average Bonchev–Trinajstić information content (AvgIpc) is 4.08. The van der Waals surface area contributed by atoms with E-state index in [-0.39, 0.29) is 168 Å². The number of nitrogens with one attached hydrogen (secondary N) is 6. The molecule has 68 heavy (non-hydrogen) atoms. The second kappa shape index (κ2) is 41.2. The van der Waals surface area contributed by atoms with Gasteiger partial charge in [0.2, 0.25) is 0 Å². The Morgan fingerprint density at radius 3 is 1.31 bits per heavy atom. The molecule has 3 aromatic heterocycles. The molecule has 0 bridgehead atoms. The zero-order valence-corrected chi connectivity index (χ0v) is 55.0. The Hall–Kier alpha value is -1.29. The van der Waals surface area contributed by atoms with Gasteiger partial charge in [0.25, 0.3) is 5.91 Å². The summed E-state index contributed by atoms with van der Waals surface area (Å²) in [7, 11) is 3.50. The van der Waals surface area contributed by atoms with Crippen LogP contribution in [0.1, 0.15) is 47.3 Å². The normalized spacial score (nSPS) is 9.93. The van der Waals surface area contributed by atoms with Gasteiger partial charge in [-0.2, -0.15) is 0 Å². The molecule has 18 heteroatoms. The minimum atomic E-state index is -0.539. The van der Waals surface area contributed by atoms with Crippen molar-refractivity contribution in [3.63, 3.8) is 0 Å². The van der Waals surface area contributed by atoms with E-state index in [1.54, 1.807) is 11.6 Å². The molecule has 0 spiro atoms. The molecule has 0 aliphatic carbocycles. The third-order valence-corrected chi connectivity index (χ3v) is 10.1. The number of hydrogen-bond acceptors (Lipinski definition) is 8. The number of benzene rings is 5. The number of aromatic nitrogens is 3. The Morgan fingerprint density at radius 1 is 0.603 bits per heavy atom. The van der Waals surface area contributed by atoms with E-state index in [0.717, 1.165) is 51.0 Å². The predicted molar refractivity (Wildman–Crippen MR) is 263 cm³/mol. The van der Waals surface area contributed by atoms with Gasteiger partial charge in [0.15, 0.2) is 0 Å². The molecule has 12 nitrogen and oxygen atoms in total. The van der Waals surface area contributed by atoms with Gasteiger partial charge >= 0.3 is 29.6 Å². The number of fused-ring (bicyclic) bond motifs is 3. The molecular weight excluding hydrogens is 1510 g/mol. The molecule has 5 aromatic carbocycles. The first-order valence-electron chi connectivity index (χ1n) is 20.7. The number of H-pyrrole nitrogens is 3. The molecule has 3 heterocycles. The number of hydroxylamine groups is 1. The summed E-state index contributed by atoms with van der Waals surface area (Å²) >= 11 is 0. The Bertz CT molecular complexity index is 2600. The molecule has 0 aliphatic heterocycles. The molecule has 0 saturated heterocycles. The number of halogens is 1. The van der Waals surface area contributed by atoms with Crippen LogP contribution < -0.4 is 51.4 Å². The number of rotatable bonds is 15. The fourth-order valence-electron chi connectivity index (χ4n) is 6.98. The molecule has 346 valence electrons. The van der Waals surface area contributed by atoms with Gasteiger partial charge in [0, 0.05) is 204 Å². The molecule has 6 radical (unpaired) electrons. The zero-order chi connectivity index (χ0) is 45.1. The monoisotopic (exact) mass is 1580 g/mol. The van der Waals surface area contributed by atoms with Gasteiger partial charge in [-0.25, -0.2) is 5.48 Å². The first kappa shape index (κ1) is 68.8. The van der Waals surface area contributed by atoms with Gasteiger partial charge in [0.1, 0.15) is 0 Å². The van der Waals surface area contributed by atoms with Crippen LogP contribution in [0, 0.1) is 132 Å². The minimum Gasteiger partial charge on any atom is -0.715 e. The second-order valence-corrected chi connectivity index (χ2v) is 14.3. The van der Waals surface area contributed by atoms with Crippen molar-refractivity contribution >= 4 is 58.8 Å². The molecule has 8 aromatic rings. The van der Waals surface area contributed by atoms with Crippen LogP contribution in [0.2, 0.25) is 0 Å². The van der Waals surface area contributed by atoms with Crippen molar-refractivity contribution < 1.29 is 193 Å². The zero-order valence-electron chi connectivity index (χ0n) is 38.7.